The van der Waals surface area contributed by atoms with E-state index in [0.717, 1.165) is 38.7 Å². The van der Waals surface area contributed by atoms with Gasteiger partial charge in [0.05, 0.1) is 24.1 Å². The van der Waals surface area contributed by atoms with E-state index in [-0.39, 0.29) is 5.91 Å². The number of ether oxygens (including phenoxy) is 1. The first-order chi connectivity index (χ1) is 11.4. The lowest BCUT2D eigenvalue weighted by Gasteiger charge is -2.14. The summed E-state index contributed by atoms with van der Waals surface area (Å²) in [7, 11) is 3.85. The summed E-state index contributed by atoms with van der Waals surface area (Å²) in [5.74, 6) is 0.812. The van der Waals surface area contributed by atoms with Crippen LogP contribution < -0.4 is 15.0 Å². The quantitative estimate of drug-likeness (QED) is 0.743. The van der Waals surface area contributed by atoms with Crippen LogP contribution in [0.4, 0.5) is 5.69 Å². The molecular weight excluding hydrogens is 372 g/mol. The first kappa shape index (κ1) is 18.5. The molecule has 0 spiro atoms. The van der Waals surface area contributed by atoms with Crippen molar-refractivity contribution in [3.05, 3.63) is 40.1 Å². The second-order valence-corrected chi connectivity index (χ2v) is 6.82. The molecule has 0 aliphatic carbocycles. The number of amides is 1. The van der Waals surface area contributed by atoms with E-state index < -0.39 is 0 Å². The number of nitrogens with zero attached hydrogens (tertiary/aromatic N) is 2. The van der Waals surface area contributed by atoms with Gasteiger partial charge in [-0.25, -0.2) is 0 Å². The van der Waals surface area contributed by atoms with E-state index in [2.05, 4.69) is 26.3 Å². The molecule has 0 saturated carbocycles. The molecule has 1 heterocycles. The van der Waals surface area contributed by atoms with Gasteiger partial charge in [-0.05, 0) is 38.1 Å². The van der Waals surface area contributed by atoms with Crippen molar-refractivity contribution in [1.82, 2.24) is 9.78 Å². The highest BCUT2D eigenvalue weighted by Gasteiger charge is 2.15. The van der Waals surface area contributed by atoms with Gasteiger partial charge in [0.15, 0.2) is 6.54 Å². The van der Waals surface area contributed by atoms with Crippen LogP contribution in [0, 0.1) is 13.8 Å². The van der Waals surface area contributed by atoms with Crippen LogP contribution in [0.2, 0.25) is 0 Å². The standard InChI is InChI=1S/C17H23BrN4O2/c1-12-17(13(2)22(4)20-12)19-16(23)11-21(3)9-10-24-15-7-5-14(18)6-8-15/h5-8H,9-11H2,1-4H3,(H,19,23)/p+1. The number of hydrogen-bond donors (Lipinski definition) is 2. The van der Waals surface area contributed by atoms with Crippen molar-refractivity contribution >= 4 is 27.5 Å². The van der Waals surface area contributed by atoms with Crippen molar-refractivity contribution < 1.29 is 14.4 Å². The fraction of sp³-hybridized carbons (Fsp3) is 0.412. The highest BCUT2D eigenvalue weighted by molar-refractivity contribution is 9.10. The number of rotatable bonds is 7. The van der Waals surface area contributed by atoms with Crippen LogP contribution >= 0.6 is 15.9 Å². The Morgan fingerprint density at radius 1 is 1.33 bits per heavy atom. The van der Waals surface area contributed by atoms with E-state index in [1.165, 1.54) is 0 Å². The van der Waals surface area contributed by atoms with Crippen LogP contribution in [-0.4, -0.2) is 42.4 Å². The van der Waals surface area contributed by atoms with E-state index in [0.29, 0.717) is 13.2 Å². The molecule has 7 heteroatoms. The Labute approximate surface area is 150 Å². The molecule has 0 radical (unpaired) electrons. The van der Waals surface area contributed by atoms with Gasteiger partial charge in [-0.1, -0.05) is 15.9 Å². The molecule has 1 unspecified atom stereocenters. The number of aryl methyl sites for hydroxylation is 2. The van der Waals surface area contributed by atoms with Crippen LogP contribution in [0.15, 0.2) is 28.7 Å². The Bertz CT molecular complexity index is 697. The summed E-state index contributed by atoms with van der Waals surface area (Å²) in [5.41, 5.74) is 2.60. The molecular formula is C17H24BrN4O2+. The van der Waals surface area contributed by atoms with Crippen LogP contribution in [0.25, 0.3) is 0 Å². The van der Waals surface area contributed by atoms with Gasteiger partial charge in [0.1, 0.15) is 18.9 Å². The van der Waals surface area contributed by atoms with Gasteiger partial charge in [0.25, 0.3) is 5.91 Å². The lowest BCUT2D eigenvalue weighted by Crippen LogP contribution is -3.10. The maximum absolute atomic E-state index is 12.2. The molecule has 0 aliphatic rings. The number of carbonyl (C=O) groups is 1. The molecule has 24 heavy (non-hydrogen) atoms. The highest BCUT2D eigenvalue weighted by Crippen LogP contribution is 2.18. The number of aromatic nitrogens is 2. The number of carbonyl (C=O) groups excluding carboxylic acids is 1. The van der Waals surface area contributed by atoms with Gasteiger partial charge in [0, 0.05) is 11.5 Å². The Balaban J connectivity index is 1.76. The molecule has 0 bridgehead atoms. The van der Waals surface area contributed by atoms with Gasteiger partial charge < -0.3 is 15.0 Å². The average molecular weight is 396 g/mol. The fourth-order valence-electron chi connectivity index (χ4n) is 2.37. The molecule has 2 rings (SSSR count). The number of hydrogen-bond acceptors (Lipinski definition) is 3. The second kappa shape index (κ2) is 8.30. The molecule has 1 aromatic heterocycles. The van der Waals surface area contributed by atoms with Gasteiger partial charge >= 0.3 is 0 Å². The maximum Gasteiger partial charge on any atom is 0.279 e. The number of quaternary nitrogens is 1. The summed E-state index contributed by atoms with van der Waals surface area (Å²) in [6.45, 7) is 5.53. The van der Waals surface area contributed by atoms with Crippen molar-refractivity contribution in [2.45, 2.75) is 13.8 Å². The molecule has 1 aromatic carbocycles. The Kier molecular flexibility index (Phi) is 6.39. The molecule has 2 aromatic rings. The zero-order chi connectivity index (χ0) is 17.7. The van der Waals surface area contributed by atoms with Crippen molar-refractivity contribution in [2.75, 3.05) is 32.1 Å². The molecule has 1 atom stereocenters. The zero-order valence-corrected chi connectivity index (χ0v) is 16.1. The SMILES string of the molecule is Cc1nn(C)c(C)c1NC(=O)C[NH+](C)CCOc1ccc(Br)cc1. The first-order valence-electron chi connectivity index (χ1n) is 7.86. The van der Waals surface area contributed by atoms with Crippen molar-refractivity contribution in [1.29, 1.82) is 0 Å². The smallest absolute Gasteiger partial charge is 0.279 e. The normalized spacial score (nSPS) is 12.0. The van der Waals surface area contributed by atoms with Gasteiger partial charge in [-0.3, -0.25) is 9.48 Å². The van der Waals surface area contributed by atoms with Gasteiger partial charge in [-0.2, -0.15) is 5.10 Å². The molecule has 1 amide bonds. The maximum atomic E-state index is 12.2. The van der Waals surface area contributed by atoms with E-state index in [1.807, 2.05) is 52.2 Å². The highest BCUT2D eigenvalue weighted by atomic mass is 79.9. The van der Waals surface area contributed by atoms with Crippen molar-refractivity contribution in [3.8, 4) is 5.75 Å². The lowest BCUT2D eigenvalue weighted by atomic mass is 10.3. The zero-order valence-electron chi connectivity index (χ0n) is 14.5. The first-order valence-corrected chi connectivity index (χ1v) is 8.66. The third-order valence-electron chi connectivity index (χ3n) is 3.85. The van der Waals surface area contributed by atoms with E-state index >= 15 is 0 Å². The minimum Gasteiger partial charge on any atom is -0.488 e. The summed E-state index contributed by atoms with van der Waals surface area (Å²) >= 11 is 3.39. The summed E-state index contributed by atoms with van der Waals surface area (Å²) in [4.78, 5) is 13.3. The third kappa shape index (κ3) is 5.07. The minimum atomic E-state index is -0.0182. The minimum absolute atomic E-state index is 0.0182. The van der Waals surface area contributed by atoms with Crippen LogP contribution in [0.1, 0.15) is 11.4 Å². The summed E-state index contributed by atoms with van der Waals surface area (Å²) < 4.78 is 8.48. The van der Waals surface area contributed by atoms with Crippen molar-refractivity contribution in [3.63, 3.8) is 0 Å². The number of nitrogens with one attached hydrogen (secondary N) is 2. The van der Waals surface area contributed by atoms with Gasteiger partial charge in [-0.15, -0.1) is 0 Å². The number of benzene rings is 1. The predicted molar refractivity (Wildman–Crippen MR) is 97.6 cm³/mol. The van der Waals surface area contributed by atoms with Gasteiger partial charge in [0.2, 0.25) is 0 Å². The monoisotopic (exact) mass is 395 g/mol. The summed E-state index contributed by atoms with van der Waals surface area (Å²) in [6.07, 6.45) is 0. The predicted octanol–water partition coefficient (Wildman–Crippen LogP) is 1.33. The molecule has 130 valence electrons. The van der Waals surface area contributed by atoms with E-state index in [1.54, 1.807) is 4.68 Å². The van der Waals surface area contributed by atoms with Crippen LogP contribution in [-0.2, 0) is 11.8 Å². The average Bonchev–Trinajstić information content (AvgIpc) is 2.75. The van der Waals surface area contributed by atoms with Crippen LogP contribution in [0.5, 0.6) is 5.75 Å². The Morgan fingerprint density at radius 2 is 2.00 bits per heavy atom. The molecule has 0 aliphatic heterocycles. The molecule has 6 nitrogen and oxygen atoms in total. The largest absolute Gasteiger partial charge is 0.488 e. The molecule has 0 saturated heterocycles. The number of halogens is 1. The number of likely N-dealkylation sites (N-methyl/N-ethyl adjacent to an activating group) is 1. The number of anilines is 1. The lowest BCUT2D eigenvalue weighted by molar-refractivity contribution is -0.871. The second-order valence-electron chi connectivity index (χ2n) is 5.90. The Morgan fingerprint density at radius 3 is 2.58 bits per heavy atom. The molecule has 0 fully saturated rings. The Hall–Kier alpha value is -1.86. The van der Waals surface area contributed by atoms with Crippen molar-refractivity contribution in [2.24, 2.45) is 7.05 Å². The molecule has 2 N–H and O–H groups in total. The summed E-state index contributed by atoms with van der Waals surface area (Å²) in [5, 5.41) is 7.26. The van der Waals surface area contributed by atoms with E-state index in [4.69, 9.17) is 4.74 Å². The fourth-order valence-corrected chi connectivity index (χ4v) is 2.64. The van der Waals surface area contributed by atoms with Crippen LogP contribution in [0.3, 0.4) is 0 Å². The third-order valence-corrected chi connectivity index (χ3v) is 4.38. The topological polar surface area (TPSA) is 60.6 Å². The summed E-state index contributed by atoms with van der Waals surface area (Å²) in [6, 6.07) is 7.72. The van der Waals surface area contributed by atoms with E-state index in [9.17, 15) is 4.79 Å².